The fraction of sp³-hybridized carbons (Fsp3) is 0.0909. The summed E-state index contributed by atoms with van der Waals surface area (Å²) in [7, 11) is 0. The van der Waals surface area contributed by atoms with E-state index in [2.05, 4.69) is 27.1 Å². The van der Waals surface area contributed by atoms with Crippen molar-refractivity contribution in [3.63, 3.8) is 0 Å². The second kappa shape index (κ2) is 3.54. The van der Waals surface area contributed by atoms with Gasteiger partial charge in [-0.2, -0.15) is 0 Å². The van der Waals surface area contributed by atoms with E-state index in [0.717, 1.165) is 32.1 Å². The molecule has 0 saturated heterocycles. The summed E-state index contributed by atoms with van der Waals surface area (Å²) in [5.74, 6) is 0.936. The van der Waals surface area contributed by atoms with Crippen LogP contribution in [0, 0.1) is 10.9 Å². The maximum Gasteiger partial charge on any atom is 0.158 e. The van der Waals surface area contributed by atoms with Crippen molar-refractivity contribution >= 4 is 34.6 Å². The molecule has 16 heavy (non-hydrogen) atoms. The second-order valence-electron chi connectivity index (χ2n) is 3.62. The van der Waals surface area contributed by atoms with Gasteiger partial charge in [0.25, 0.3) is 0 Å². The van der Waals surface area contributed by atoms with E-state index in [1.165, 1.54) is 0 Å². The van der Waals surface area contributed by atoms with E-state index in [-0.39, 0.29) is 0 Å². The number of imidazole rings is 1. The van der Waals surface area contributed by atoms with Gasteiger partial charge in [0.1, 0.15) is 5.82 Å². The molecule has 0 radical (unpaired) electrons. The third-order valence-electron chi connectivity index (χ3n) is 2.43. The van der Waals surface area contributed by atoms with Crippen molar-refractivity contribution in [1.29, 1.82) is 0 Å². The van der Waals surface area contributed by atoms with Crippen LogP contribution in [0.2, 0.25) is 0 Å². The number of nitrogens with one attached hydrogen (secondary N) is 2. The Labute approximate surface area is 101 Å². The number of benzene rings is 1. The van der Waals surface area contributed by atoms with Crippen LogP contribution in [0.15, 0.2) is 23.6 Å². The topological polar surface area (TPSA) is 44.5 Å². The highest BCUT2D eigenvalue weighted by atomic mass is 32.1. The van der Waals surface area contributed by atoms with Crippen LogP contribution in [0.5, 0.6) is 0 Å². The fourth-order valence-corrected chi connectivity index (χ4v) is 2.57. The van der Waals surface area contributed by atoms with E-state index in [1.54, 1.807) is 11.3 Å². The highest BCUT2D eigenvalue weighted by Crippen LogP contribution is 2.23. The molecule has 0 fully saturated rings. The normalized spacial score (nSPS) is 11.1. The minimum Gasteiger partial charge on any atom is -0.342 e. The van der Waals surface area contributed by atoms with Gasteiger partial charge in [-0.25, -0.2) is 4.98 Å². The van der Waals surface area contributed by atoms with Crippen molar-refractivity contribution in [2.75, 3.05) is 0 Å². The quantitative estimate of drug-likeness (QED) is 0.645. The second-order valence-corrected chi connectivity index (χ2v) is 5.16. The summed E-state index contributed by atoms with van der Waals surface area (Å²) in [4.78, 5) is 10.8. The predicted octanol–water partition coefficient (Wildman–Crippen LogP) is 3.66. The van der Waals surface area contributed by atoms with E-state index in [1.807, 2.05) is 18.4 Å². The largest absolute Gasteiger partial charge is 0.342 e. The molecule has 0 aliphatic rings. The number of aryl methyl sites for hydroxylation is 1. The van der Waals surface area contributed by atoms with Gasteiger partial charge >= 0.3 is 0 Å². The summed E-state index contributed by atoms with van der Waals surface area (Å²) < 4.78 is 0.802. The first-order valence-electron chi connectivity index (χ1n) is 4.87. The average Bonchev–Trinajstić information content (AvgIpc) is 2.81. The van der Waals surface area contributed by atoms with Gasteiger partial charge in [0.05, 0.1) is 16.7 Å². The summed E-state index contributed by atoms with van der Waals surface area (Å²) in [5, 5.41) is 2.03. The van der Waals surface area contributed by atoms with Crippen LogP contribution in [0.4, 0.5) is 0 Å². The van der Waals surface area contributed by atoms with Crippen molar-refractivity contribution in [2.45, 2.75) is 6.92 Å². The molecule has 1 aromatic carbocycles. The monoisotopic (exact) mass is 247 g/mol. The Balaban J connectivity index is 2.21. The smallest absolute Gasteiger partial charge is 0.158 e. The first kappa shape index (κ1) is 9.74. The number of aromatic amines is 2. The van der Waals surface area contributed by atoms with Crippen molar-refractivity contribution in [3.8, 4) is 11.3 Å². The summed E-state index contributed by atoms with van der Waals surface area (Å²) in [6, 6.07) is 6.15. The van der Waals surface area contributed by atoms with Gasteiger partial charge < -0.3 is 9.97 Å². The summed E-state index contributed by atoms with van der Waals surface area (Å²) in [6.45, 7) is 1.96. The van der Waals surface area contributed by atoms with E-state index >= 15 is 0 Å². The lowest BCUT2D eigenvalue weighted by Gasteiger charge is -1.96. The first-order valence-corrected chi connectivity index (χ1v) is 6.16. The Hall–Kier alpha value is -1.46. The number of nitrogens with zero attached hydrogens (tertiary/aromatic N) is 1. The van der Waals surface area contributed by atoms with E-state index in [0.29, 0.717) is 0 Å². The number of rotatable bonds is 1. The Morgan fingerprint density at radius 1 is 1.31 bits per heavy atom. The van der Waals surface area contributed by atoms with Gasteiger partial charge in [-0.15, -0.1) is 11.3 Å². The molecule has 80 valence electrons. The van der Waals surface area contributed by atoms with Crippen molar-refractivity contribution in [1.82, 2.24) is 15.0 Å². The lowest BCUT2D eigenvalue weighted by atomic mass is 10.1. The molecule has 0 aliphatic carbocycles. The van der Waals surface area contributed by atoms with Gasteiger partial charge in [-0.1, -0.05) is 6.07 Å². The molecule has 0 amide bonds. The van der Waals surface area contributed by atoms with Gasteiger partial charge in [0.15, 0.2) is 3.95 Å². The van der Waals surface area contributed by atoms with Gasteiger partial charge in [0, 0.05) is 10.9 Å². The molecular weight excluding hydrogens is 238 g/mol. The minimum absolute atomic E-state index is 0.802. The van der Waals surface area contributed by atoms with Crippen LogP contribution in [-0.2, 0) is 0 Å². The molecule has 2 aromatic heterocycles. The average molecular weight is 247 g/mol. The molecule has 0 atom stereocenters. The van der Waals surface area contributed by atoms with Crippen LogP contribution in [-0.4, -0.2) is 15.0 Å². The molecule has 2 heterocycles. The molecular formula is C11H9N3S2. The van der Waals surface area contributed by atoms with Crippen LogP contribution in [0.3, 0.4) is 0 Å². The molecule has 0 bridgehead atoms. The number of aromatic nitrogens is 3. The Bertz CT molecular complexity index is 705. The molecule has 0 unspecified atom stereocenters. The van der Waals surface area contributed by atoms with Crippen LogP contribution in [0.1, 0.15) is 5.82 Å². The van der Waals surface area contributed by atoms with Crippen molar-refractivity contribution < 1.29 is 0 Å². The molecule has 2 N–H and O–H groups in total. The number of fused-ring (bicyclic) bond motifs is 1. The van der Waals surface area contributed by atoms with E-state index in [9.17, 15) is 0 Å². The predicted molar refractivity (Wildman–Crippen MR) is 69.3 cm³/mol. The number of thiazole rings is 1. The Morgan fingerprint density at radius 2 is 2.19 bits per heavy atom. The minimum atomic E-state index is 0.802. The van der Waals surface area contributed by atoms with Gasteiger partial charge in [-0.3, -0.25) is 0 Å². The van der Waals surface area contributed by atoms with Crippen molar-refractivity contribution in [3.05, 3.63) is 33.4 Å². The summed E-state index contributed by atoms with van der Waals surface area (Å²) in [5.41, 5.74) is 4.24. The Morgan fingerprint density at radius 3 is 2.94 bits per heavy atom. The maximum atomic E-state index is 5.08. The first-order chi connectivity index (χ1) is 7.72. The summed E-state index contributed by atoms with van der Waals surface area (Å²) >= 11 is 6.62. The van der Waals surface area contributed by atoms with E-state index < -0.39 is 0 Å². The van der Waals surface area contributed by atoms with Crippen LogP contribution in [0.25, 0.3) is 22.3 Å². The Kier molecular flexibility index (Phi) is 2.15. The highest BCUT2D eigenvalue weighted by molar-refractivity contribution is 7.73. The number of H-pyrrole nitrogens is 2. The molecule has 0 aliphatic heterocycles. The SMILES string of the molecule is Cc1nc2ccc(-c3csc(=S)[nH]3)cc2[nH]1. The number of hydrogen-bond acceptors (Lipinski definition) is 3. The molecule has 5 heteroatoms. The fourth-order valence-electron chi connectivity index (χ4n) is 1.73. The number of hydrogen-bond donors (Lipinski definition) is 2. The lowest BCUT2D eigenvalue weighted by molar-refractivity contribution is 1.17. The van der Waals surface area contributed by atoms with Crippen LogP contribution < -0.4 is 0 Å². The van der Waals surface area contributed by atoms with Crippen LogP contribution >= 0.6 is 23.6 Å². The van der Waals surface area contributed by atoms with Crippen molar-refractivity contribution in [2.24, 2.45) is 0 Å². The third kappa shape index (κ3) is 1.58. The molecule has 3 rings (SSSR count). The lowest BCUT2D eigenvalue weighted by Crippen LogP contribution is -1.77. The van der Waals surface area contributed by atoms with E-state index in [4.69, 9.17) is 12.2 Å². The molecule has 0 saturated carbocycles. The zero-order valence-electron chi connectivity index (χ0n) is 8.57. The highest BCUT2D eigenvalue weighted by Gasteiger charge is 2.03. The van der Waals surface area contributed by atoms with Gasteiger partial charge in [-0.05, 0) is 31.3 Å². The third-order valence-corrected chi connectivity index (χ3v) is 3.49. The molecule has 3 nitrogen and oxygen atoms in total. The zero-order valence-corrected chi connectivity index (χ0v) is 10.2. The molecule has 3 aromatic rings. The zero-order chi connectivity index (χ0) is 11.1. The maximum absolute atomic E-state index is 5.08. The molecule has 0 spiro atoms. The standard InChI is InChI=1S/C11H9N3S2/c1-6-12-8-3-2-7(4-9(8)13-6)10-5-16-11(15)14-10/h2-5H,1H3,(H,12,13)(H,14,15). The van der Waals surface area contributed by atoms with Gasteiger partial charge in [0.2, 0.25) is 0 Å². The summed E-state index contributed by atoms with van der Waals surface area (Å²) in [6.07, 6.45) is 0.